The van der Waals surface area contributed by atoms with E-state index in [1.807, 2.05) is 30.3 Å². The number of carbonyl (C=O) groups is 1. The second-order valence-electron chi connectivity index (χ2n) is 6.55. The molecule has 1 aliphatic heterocycles. The van der Waals surface area contributed by atoms with E-state index >= 15 is 0 Å². The van der Waals surface area contributed by atoms with Crippen molar-refractivity contribution in [2.24, 2.45) is 0 Å². The van der Waals surface area contributed by atoms with Gasteiger partial charge in [-0.3, -0.25) is 9.10 Å². The number of sulfonamides is 1. The van der Waals surface area contributed by atoms with Crippen molar-refractivity contribution in [2.75, 3.05) is 17.1 Å². The monoisotopic (exact) mass is 460 g/mol. The summed E-state index contributed by atoms with van der Waals surface area (Å²) in [5.74, 6) is -0.0540. The average molecular weight is 461 g/mol. The molecule has 154 valence electrons. The van der Waals surface area contributed by atoms with E-state index in [1.54, 1.807) is 18.2 Å². The zero-order valence-electron chi connectivity index (χ0n) is 15.9. The smallest absolute Gasteiger partial charge is 0.267 e. The molecule has 2 aromatic carbocycles. The Hall–Kier alpha value is -2.62. The molecule has 0 fully saturated rings. The summed E-state index contributed by atoms with van der Waals surface area (Å²) in [5, 5.41) is 3.63. The zero-order valence-corrected chi connectivity index (χ0v) is 18.3. The van der Waals surface area contributed by atoms with Gasteiger partial charge in [-0.15, -0.1) is 0 Å². The molecule has 0 unspecified atom stereocenters. The lowest BCUT2D eigenvalue weighted by molar-refractivity contribution is -0.118. The molecule has 0 radical (unpaired) electrons. The van der Waals surface area contributed by atoms with Crippen molar-refractivity contribution in [3.05, 3.63) is 65.3 Å². The Labute approximate surface area is 183 Å². The largest absolute Gasteiger partial charge is 0.351 e. The van der Waals surface area contributed by atoms with Crippen molar-refractivity contribution in [1.29, 1.82) is 0 Å². The lowest BCUT2D eigenvalue weighted by atomic mass is 10.1. The van der Waals surface area contributed by atoms with Crippen LogP contribution in [0.15, 0.2) is 64.8 Å². The van der Waals surface area contributed by atoms with Crippen LogP contribution >= 0.6 is 23.4 Å². The fraction of sp³-hybridized carbons (Fsp3) is 0.150. The number of anilines is 1. The number of nitrogens with zero attached hydrogens (tertiary/aromatic N) is 3. The van der Waals surface area contributed by atoms with Crippen LogP contribution in [0.1, 0.15) is 5.56 Å². The lowest BCUT2D eigenvalue weighted by Crippen LogP contribution is -2.31. The van der Waals surface area contributed by atoms with Crippen LogP contribution in [-0.4, -0.2) is 37.1 Å². The maximum absolute atomic E-state index is 12.8. The van der Waals surface area contributed by atoms with Crippen LogP contribution in [0.2, 0.25) is 5.02 Å². The Bertz CT molecular complexity index is 1220. The van der Waals surface area contributed by atoms with Crippen molar-refractivity contribution in [2.45, 2.75) is 16.6 Å². The van der Waals surface area contributed by atoms with Crippen molar-refractivity contribution in [3.8, 4) is 11.3 Å². The molecule has 4 rings (SSSR count). The Morgan fingerprint density at radius 1 is 1.20 bits per heavy atom. The summed E-state index contributed by atoms with van der Waals surface area (Å²) in [6, 6.07) is 14.5. The van der Waals surface area contributed by atoms with Crippen LogP contribution in [0.3, 0.4) is 0 Å². The van der Waals surface area contributed by atoms with Gasteiger partial charge in [-0.05, 0) is 23.8 Å². The van der Waals surface area contributed by atoms with Gasteiger partial charge in [0.25, 0.3) is 10.0 Å². The summed E-state index contributed by atoms with van der Waals surface area (Å²) in [7, 11) is -2.28. The summed E-state index contributed by atoms with van der Waals surface area (Å²) in [6.07, 6.45) is 1.28. The number of nitrogens with one attached hydrogen (secondary N) is 1. The molecule has 0 saturated carbocycles. The van der Waals surface area contributed by atoms with E-state index in [1.165, 1.54) is 17.5 Å². The average Bonchev–Trinajstić information content (AvgIpc) is 2.75. The second-order valence-corrected chi connectivity index (χ2v) is 9.87. The summed E-state index contributed by atoms with van der Waals surface area (Å²) in [6.45, 7) is 0.432. The Balaban J connectivity index is 1.54. The van der Waals surface area contributed by atoms with Gasteiger partial charge in [-0.2, -0.15) is 0 Å². The predicted octanol–water partition coefficient (Wildman–Crippen LogP) is 3.34. The summed E-state index contributed by atoms with van der Waals surface area (Å²) in [5.41, 5.74) is 2.38. The van der Waals surface area contributed by atoms with E-state index in [0.717, 1.165) is 17.3 Å². The molecule has 1 N–H and O–H groups in total. The summed E-state index contributed by atoms with van der Waals surface area (Å²) < 4.78 is 26.8. The zero-order chi connectivity index (χ0) is 21.3. The van der Waals surface area contributed by atoms with E-state index in [9.17, 15) is 13.2 Å². The van der Waals surface area contributed by atoms with Crippen LogP contribution in [0.5, 0.6) is 0 Å². The fourth-order valence-corrected chi connectivity index (χ4v) is 5.15. The lowest BCUT2D eigenvalue weighted by Gasteiger charge is -2.28. The maximum atomic E-state index is 12.8. The van der Waals surface area contributed by atoms with Gasteiger partial charge in [0.2, 0.25) is 5.91 Å². The highest BCUT2D eigenvalue weighted by Gasteiger charge is 2.34. The topological polar surface area (TPSA) is 92.3 Å². The molecule has 7 nitrogen and oxygen atoms in total. The van der Waals surface area contributed by atoms with E-state index < -0.39 is 10.0 Å². The normalized spacial score (nSPS) is 14.0. The first-order valence-corrected chi connectivity index (χ1v) is 11.8. The predicted molar refractivity (Wildman–Crippen MR) is 117 cm³/mol. The van der Waals surface area contributed by atoms with E-state index in [0.29, 0.717) is 28.0 Å². The van der Waals surface area contributed by atoms with Gasteiger partial charge in [0, 0.05) is 24.2 Å². The second kappa shape index (κ2) is 8.25. The van der Waals surface area contributed by atoms with E-state index in [4.69, 9.17) is 11.6 Å². The van der Waals surface area contributed by atoms with Crippen LogP contribution in [0.4, 0.5) is 5.69 Å². The van der Waals surface area contributed by atoms with Gasteiger partial charge in [-0.1, -0.05) is 53.7 Å². The number of amides is 1. The third-order valence-electron chi connectivity index (χ3n) is 4.59. The Kier molecular flexibility index (Phi) is 5.68. The van der Waals surface area contributed by atoms with Gasteiger partial charge in [0.1, 0.15) is 4.90 Å². The highest BCUT2D eigenvalue weighted by atomic mass is 35.5. The third-order valence-corrected chi connectivity index (χ3v) is 7.46. The van der Waals surface area contributed by atoms with Gasteiger partial charge in [0.15, 0.2) is 5.16 Å². The SMILES string of the molecule is CN1c2ccc(Cl)cc2-c2nc(SCC(=O)NCc3ccccc3)ncc2S1(=O)=O. The minimum atomic E-state index is -3.76. The number of fused-ring (bicyclic) bond motifs is 3. The number of benzene rings is 2. The molecule has 0 atom stereocenters. The van der Waals surface area contributed by atoms with Crippen LogP contribution in [-0.2, 0) is 21.4 Å². The standard InChI is InChI=1S/C20H17ClN4O3S2/c1-25-16-8-7-14(21)9-15(16)19-17(30(25,27)28)11-23-20(24-19)29-12-18(26)22-10-13-5-3-2-4-6-13/h2-9,11H,10,12H2,1H3,(H,22,26). The Morgan fingerprint density at radius 3 is 2.73 bits per heavy atom. The molecule has 0 aliphatic carbocycles. The van der Waals surface area contributed by atoms with Crippen LogP contribution < -0.4 is 9.62 Å². The summed E-state index contributed by atoms with van der Waals surface area (Å²) >= 11 is 7.26. The highest BCUT2D eigenvalue weighted by molar-refractivity contribution is 7.99. The molecule has 0 bridgehead atoms. The first-order valence-electron chi connectivity index (χ1n) is 8.95. The minimum Gasteiger partial charge on any atom is -0.351 e. The van der Waals surface area contributed by atoms with Gasteiger partial charge in [-0.25, -0.2) is 18.4 Å². The Morgan fingerprint density at radius 2 is 1.97 bits per heavy atom. The molecule has 1 amide bonds. The molecule has 0 saturated heterocycles. The maximum Gasteiger partial charge on any atom is 0.267 e. The number of hydrogen-bond acceptors (Lipinski definition) is 6. The molecular formula is C20H17ClN4O3S2. The summed E-state index contributed by atoms with van der Waals surface area (Å²) in [4.78, 5) is 20.7. The van der Waals surface area contributed by atoms with Crippen molar-refractivity contribution < 1.29 is 13.2 Å². The van der Waals surface area contributed by atoms with Crippen molar-refractivity contribution in [1.82, 2.24) is 15.3 Å². The minimum absolute atomic E-state index is 0.0117. The molecule has 2 heterocycles. The number of carbonyl (C=O) groups excluding carboxylic acids is 1. The van der Waals surface area contributed by atoms with Crippen LogP contribution in [0, 0.1) is 0 Å². The van der Waals surface area contributed by atoms with Gasteiger partial charge < -0.3 is 5.32 Å². The van der Waals surface area contributed by atoms with E-state index in [-0.39, 0.29) is 22.2 Å². The third kappa shape index (κ3) is 4.00. The molecule has 10 heteroatoms. The van der Waals surface area contributed by atoms with Crippen LogP contribution in [0.25, 0.3) is 11.3 Å². The molecular weight excluding hydrogens is 444 g/mol. The van der Waals surface area contributed by atoms with Crippen molar-refractivity contribution >= 4 is 45.0 Å². The number of rotatable bonds is 5. The van der Waals surface area contributed by atoms with Crippen molar-refractivity contribution in [3.63, 3.8) is 0 Å². The molecule has 1 aromatic heterocycles. The van der Waals surface area contributed by atoms with Gasteiger partial charge >= 0.3 is 0 Å². The van der Waals surface area contributed by atoms with Gasteiger partial charge in [0.05, 0.1) is 23.3 Å². The van der Waals surface area contributed by atoms with E-state index in [2.05, 4.69) is 15.3 Å². The molecule has 0 spiro atoms. The molecule has 1 aliphatic rings. The number of hydrogen-bond donors (Lipinski definition) is 1. The number of aromatic nitrogens is 2. The molecule has 30 heavy (non-hydrogen) atoms. The first-order chi connectivity index (χ1) is 14.4. The quantitative estimate of drug-likeness (QED) is 0.463. The fourth-order valence-electron chi connectivity index (χ4n) is 3.03. The highest BCUT2D eigenvalue weighted by Crippen LogP contribution is 2.42. The first kappa shape index (κ1) is 20.6. The number of thioether (sulfide) groups is 1. The number of halogens is 1. The molecule has 3 aromatic rings.